The largest absolute Gasteiger partial charge is 0.479 e. The van der Waals surface area contributed by atoms with E-state index in [4.69, 9.17) is 9.15 Å². The van der Waals surface area contributed by atoms with Gasteiger partial charge < -0.3 is 19.6 Å². The number of aromatic carboxylic acids is 1. The number of oxazole rings is 1. The Kier molecular flexibility index (Phi) is 7.42. The standard InChI is InChI=1S/C25H24N2O4S/c28-25(29)19-11-4-7-14-23(19)32-16-8-15-26-17-22(30-18-9-2-1-3-10-18)24-27-20-12-5-6-13-21(20)31-24/h1-7,9-14,22,26H,8,15-17H2,(H,28,29). The predicted octanol–water partition coefficient (Wildman–Crippen LogP) is 5.42. The van der Waals surface area contributed by atoms with Crippen LogP contribution in [0.5, 0.6) is 5.75 Å². The third-order valence-electron chi connectivity index (χ3n) is 4.81. The van der Waals surface area contributed by atoms with Gasteiger partial charge in [0, 0.05) is 11.4 Å². The van der Waals surface area contributed by atoms with Gasteiger partial charge >= 0.3 is 5.97 Å². The van der Waals surface area contributed by atoms with Gasteiger partial charge in [-0.3, -0.25) is 0 Å². The Hall–Kier alpha value is -3.29. The molecule has 1 atom stereocenters. The number of nitrogens with zero attached hydrogens (tertiary/aromatic N) is 1. The Labute approximate surface area is 190 Å². The average molecular weight is 449 g/mol. The highest BCUT2D eigenvalue weighted by molar-refractivity contribution is 7.99. The molecule has 0 saturated carbocycles. The Bertz CT molecular complexity index is 1130. The molecule has 0 aliphatic heterocycles. The summed E-state index contributed by atoms with van der Waals surface area (Å²) in [6.07, 6.45) is 0.509. The highest BCUT2D eigenvalue weighted by atomic mass is 32.2. The van der Waals surface area contributed by atoms with Gasteiger partial charge in [-0.05, 0) is 55.1 Å². The van der Waals surface area contributed by atoms with Gasteiger partial charge in [-0.1, -0.05) is 42.5 Å². The molecule has 1 unspecified atom stereocenters. The van der Waals surface area contributed by atoms with Crippen molar-refractivity contribution in [3.8, 4) is 5.75 Å². The predicted molar refractivity (Wildman–Crippen MR) is 125 cm³/mol. The van der Waals surface area contributed by atoms with Crippen molar-refractivity contribution in [3.05, 3.63) is 90.3 Å². The number of carbonyl (C=O) groups is 1. The van der Waals surface area contributed by atoms with Crippen molar-refractivity contribution in [2.24, 2.45) is 0 Å². The second kappa shape index (κ2) is 10.8. The van der Waals surface area contributed by atoms with Gasteiger partial charge in [-0.25, -0.2) is 9.78 Å². The van der Waals surface area contributed by atoms with Crippen molar-refractivity contribution >= 4 is 28.8 Å². The quantitative estimate of drug-likeness (QED) is 0.234. The number of thioether (sulfide) groups is 1. The van der Waals surface area contributed by atoms with E-state index in [0.29, 0.717) is 18.0 Å². The second-order valence-electron chi connectivity index (χ2n) is 7.15. The molecule has 6 nitrogen and oxygen atoms in total. The number of carboxylic acids is 1. The highest BCUT2D eigenvalue weighted by Gasteiger charge is 2.20. The first-order valence-electron chi connectivity index (χ1n) is 10.4. The smallest absolute Gasteiger partial charge is 0.336 e. The topological polar surface area (TPSA) is 84.6 Å². The summed E-state index contributed by atoms with van der Waals surface area (Å²) in [5, 5.41) is 12.7. The maximum atomic E-state index is 11.3. The van der Waals surface area contributed by atoms with E-state index in [0.717, 1.165) is 40.5 Å². The fraction of sp³-hybridized carbons (Fsp3) is 0.200. The molecular weight excluding hydrogens is 424 g/mol. The van der Waals surface area contributed by atoms with Crippen LogP contribution in [-0.2, 0) is 0 Å². The summed E-state index contributed by atoms with van der Waals surface area (Å²) in [5.41, 5.74) is 1.88. The molecule has 4 aromatic rings. The monoisotopic (exact) mass is 448 g/mol. The number of nitrogens with one attached hydrogen (secondary N) is 1. The minimum absolute atomic E-state index is 0.345. The number of hydrogen-bond acceptors (Lipinski definition) is 6. The summed E-state index contributed by atoms with van der Waals surface area (Å²) in [6.45, 7) is 1.30. The number of rotatable bonds is 11. The van der Waals surface area contributed by atoms with Crippen molar-refractivity contribution in [1.82, 2.24) is 10.3 Å². The molecular formula is C25H24N2O4S. The molecule has 1 heterocycles. The van der Waals surface area contributed by atoms with E-state index in [-0.39, 0.29) is 6.10 Å². The van der Waals surface area contributed by atoms with Crippen LogP contribution in [0, 0.1) is 0 Å². The number of benzene rings is 3. The van der Waals surface area contributed by atoms with E-state index >= 15 is 0 Å². The summed E-state index contributed by atoms with van der Waals surface area (Å²) in [6, 6.07) is 24.4. The van der Waals surface area contributed by atoms with Gasteiger partial charge in [0.2, 0.25) is 5.89 Å². The lowest BCUT2D eigenvalue weighted by Crippen LogP contribution is -2.26. The SMILES string of the molecule is O=C(O)c1ccccc1SCCCNCC(Oc1ccccc1)c1nc2ccccc2o1. The van der Waals surface area contributed by atoms with Crippen LogP contribution in [-0.4, -0.2) is 34.9 Å². The summed E-state index contributed by atoms with van der Waals surface area (Å²) in [4.78, 5) is 16.7. The second-order valence-corrected chi connectivity index (χ2v) is 8.28. The van der Waals surface area contributed by atoms with E-state index in [1.807, 2.05) is 66.7 Å². The van der Waals surface area contributed by atoms with Crippen molar-refractivity contribution in [1.29, 1.82) is 0 Å². The average Bonchev–Trinajstić information content (AvgIpc) is 3.25. The Morgan fingerprint density at radius 3 is 2.59 bits per heavy atom. The number of fused-ring (bicyclic) bond motifs is 1. The lowest BCUT2D eigenvalue weighted by atomic mass is 10.2. The molecule has 0 amide bonds. The van der Waals surface area contributed by atoms with Gasteiger partial charge in [0.1, 0.15) is 11.3 Å². The molecule has 0 saturated heterocycles. The molecule has 2 N–H and O–H groups in total. The zero-order chi connectivity index (χ0) is 22.2. The summed E-state index contributed by atoms with van der Waals surface area (Å²) in [5.74, 6) is 1.20. The lowest BCUT2D eigenvalue weighted by molar-refractivity contribution is 0.0693. The maximum absolute atomic E-state index is 11.3. The molecule has 3 aromatic carbocycles. The van der Waals surface area contributed by atoms with Crippen molar-refractivity contribution < 1.29 is 19.1 Å². The first-order valence-corrected chi connectivity index (χ1v) is 11.4. The Balaban J connectivity index is 1.33. The van der Waals surface area contributed by atoms with Gasteiger partial charge in [0.05, 0.1) is 5.56 Å². The summed E-state index contributed by atoms with van der Waals surface area (Å²) >= 11 is 1.55. The minimum atomic E-state index is -0.898. The first-order chi connectivity index (χ1) is 15.7. The van der Waals surface area contributed by atoms with Gasteiger partial charge in [-0.15, -0.1) is 11.8 Å². The van der Waals surface area contributed by atoms with Crippen LogP contribution in [0.15, 0.2) is 88.2 Å². The van der Waals surface area contributed by atoms with E-state index in [2.05, 4.69) is 10.3 Å². The van der Waals surface area contributed by atoms with Crippen LogP contribution in [0.2, 0.25) is 0 Å². The zero-order valence-electron chi connectivity index (χ0n) is 17.4. The highest BCUT2D eigenvalue weighted by Crippen LogP contribution is 2.25. The number of para-hydroxylation sites is 3. The molecule has 4 rings (SSSR count). The number of carboxylic acid groups (broad SMARTS) is 1. The van der Waals surface area contributed by atoms with E-state index in [9.17, 15) is 9.90 Å². The Morgan fingerprint density at radius 1 is 1.03 bits per heavy atom. The molecule has 0 aliphatic carbocycles. The van der Waals surface area contributed by atoms with Gasteiger partial charge in [-0.2, -0.15) is 0 Å². The first kappa shape index (κ1) is 21.9. The molecule has 0 radical (unpaired) electrons. The molecule has 7 heteroatoms. The molecule has 0 aliphatic rings. The van der Waals surface area contributed by atoms with E-state index in [1.54, 1.807) is 23.9 Å². The van der Waals surface area contributed by atoms with Crippen LogP contribution < -0.4 is 10.1 Å². The van der Waals surface area contributed by atoms with Crippen molar-refractivity contribution in [3.63, 3.8) is 0 Å². The maximum Gasteiger partial charge on any atom is 0.336 e. The summed E-state index contributed by atoms with van der Waals surface area (Å²) in [7, 11) is 0. The van der Waals surface area contributed by atoms with Crippen LogP contribution in [0.1, 0.15) is 28.8 Å². The molecule has 1 aromatic heterocycles. The normalized spacial score (nSPS) is 12.0. The van der Waals surface area contributed by atoms with Crippen LogP contribution in [0.3, 0.4) is 0 Å². The zero-order valence-corrected chi connectivity index (χ0v) is 18.3. The summed E-state index contributed by atoms with van der Waals surface area (Å²) < 4.78 is 12.1. The molecule has 0 bridgehead atoms. The van der Waals surface area contributed by atoms with Gasteiger partial charge in [0.25, 0.3) is 0 Å². The van der Waals surface area contributed by atoms with Gasteiger partial charge in [0.15, 0.2) is 11.7 Å². The van der Waals surface area contributed by atoms with Crippen molar-refractivity contribution in [2.45, 2.75) is 17.4 Å². The number of hydrogen-bond donors (Lipinski definition) is 2. The van der Waals surface area contributed by atoms with Crippen molar-refractivity contribution in [2.75, 3.05) is 18.8 Å². The molecule has 0 fully saturated rings. The number of aromatic nitrogens is 1. The van der Waals surface area contributed by atoms with E-state index < -0.39 is 5.97 Å². The molecule has 32 heavy (non-hydrogen) atoms. The van der Waals surface area contributed by atoms with Crippen LogP contribution >= 0.6 is 11.8 Å². The molecule has 0 spiro atoms. The molecule has 164 valence electrons. The van der Waals surface area contributed by atoms with E-state index in [1.165, 1.54) is 0 Å². The minimum Gasteiger partial charge on any atom is -0.479 e. The number of ether oxygens (including phenoxy) is 1. The van der Waals surface area contributed by atoms with Crippen LogP contribution in [0.25, 0.3) is 11.1 Å². The van der Waals surface area contributed by atoms with Crippen LogP contribution in [0.4, 0.5) is 0 Å². The lowest BCUT2D eigenvalue weighted by Gasteiger charge is -2.17. The third-order valence-corrected chi connectivity index (χ3v) is 5.97. The Morgan fingerprint density at radius 2 is 1.78 bits per heavy atom. The third kappa shape index (κ3) is 5.69. The fourth-order valence-electron chi connectivity index (χ4n) is 3.25. The fourth-order valence-corrected chi connectivity index (χ4v) is 4.25.